The minimum Gasteiger partial charge on any atom is -0.481 e. The lowest BCUT2D eigenvalue weighted by molar-refractivity contribution is -0.141. The molecule has 0 aliphatic rings. The van der Waals surface area contributed by atoms with E-state index in [0.717, 1.165) is 17.7 Å². The largest absolute Gasteiger partial charge is 0.481 e. The predicted molar refractivity (Wildman–Crippen MR) is 54.1 cm³/mol. The summed E-state index contributed by atoms with van der Waals surface area (Å²) in [6.45, 7) is 3.68. The van der Waals surface area contributed by atoms with Crippen molar-refractivity contribution in [1.82, 2.24) is 4.98 Å². The van der Waals surface area contributed by atoms with Crippen LogP contribution in [0.15, 0.2) is 18.3 Å². The summed E-state index contributed by atoms with van der Waals surface area (Å²) in [4.78, 5) is 14.7. The Balaban J connectivity index is 2.54. The van der Waals surface area contributed by atoms with Crippen LogP contribution in [0.25, 0.3) is 0 Å². The van der Waals surface area contributed by atoms with Gasteiger partial charge in [-0.25, -0.2) is 0 Å². The minimum atomic E-state index is -0.730. The van der Waals surface area contributed by atoms with Crippen LogP contribution in [0.2, 0.25) is 0 Å². The van der Waals surface area contributed by atoms with Crippen LogP contribution in [0.3, 0.4) is 0 Å². The second-order valence-electron chi connectivity index (χ2n) is 3.53. The van der Waals surface area contributed by atoms with E-state index in [-0.39, 0.29) is 5.92 Å². The molecular formula is C11H15NO2. The van der Waals surface area contributed by atoms with Gasteiger partial charge in [0, 0.05) is 11.9 Å². The van der Waals surface area contributed by atoms with Gasteiger partial charge in [-0.3, -0.25) is 9.78 Å². The summed E-state index contributed by atoms with van der Waals surface area (Å²) in [6, 6.07) is 3.88. The number of hydrogen-bond donors (Lipinski definition) is 1. The average Bonchev–Trinajstić information content (AvgIpc) is 2.16. The van der Waals surface area contributed by atoms with Crippen molar-refractivity contribution in [2.24, 2.45) is 5.92 Å². The second-order valence-corrected chi connectivity index (χ2v) is 3.53. The molecule has 14 heavy (non-hydrogen) atoms. The Morgan fingerprint density at radius 2 is 2.36 bits per heavy atom. The van der Waals surface area contributed by atoms with Crippen molar-refractivity contribution >= 4 is 5.97 Å². The van der Waals surface area contributed by atoms with Gasteiger partial charge in [0.1, 0.15) is 0 Å². The molecule has 0 spiro atoms. The van der Waals surface area contributed by atoms with Crippen molar-refractivity contribution in [2.45, 2.75) is 26.7 Å². The van der Waals surface area contributed by atoms with Crippen molar-refractivity contribution in [3.8, 4) is 0 Å². The van der Waals surface area contributed by atoms with Crippen molar-refractivity contribution < 1.29 is 9.90 Å². The SMILES string of the molecule is Cc1ncccc1CCC(C)C(=O)O. The lowest BCUT2D eigenvalue weighted by atomic mass is 10.0. The van der Waals surface area contributed by atoms with E-state index < -0.39 is 5.97 Å². The minimum absolute atomic E-state index is 0.283. The van der Waals surface area contributed by atoms with E-state index in [4.69, 9.17) is 5.11 Å². The van der Waals surface area contributed by atoms with Gasteiger partial charge in [-0.1, -0.05) is 13.0 Å². The monoisotopic (exact) mass is 193 g/mol. The van der Waals surface area contributed by atoms with E-state index in [1.54, 1.807) is 13.1 Å². The van der Waals surface area contributed by atoms with Crippen LogP contribution >= 0.6 is 0 Å². The lowest BCUT2D eigenvalue weighted by Gasteiger charge is -2.07. The highest BCUT2D eigenvalue weighted by molar-refractivity contribution is 5.69. The van der Waals surface area contributed by atoms with Crippen LogP contribution in [-0.4, -0.2) is 16.1 Å². The Labute approximate surface area is 83.8 Å². The van der Waals surface area contributed by atoms with Crippen molar-refractivity contribution in [1.29, 1.82) is 0 Å². The fourth-order valence-electron chi connectivity index (χ4n) is 1.28. The van der Waals surface area contributed by atoms with Gasteiger partial charge >= 0.3 is 5.97 Å². The summed E-state index contributed by atoms with van der Waals surface area (Å²) in [5.41, 5.74) is 2.13. The maximum atomic E-state index is 10.6. The lowest BCUT2D eigenvalue weighted by Crippen LogP contribution is -2.10. The van der Waals surface area contributed by atoms with Gasteiger partial charge in [0.05, 0.1) is 5.92 Å². The number of nitrogens with zero attached hydrogens (tertiary/aromatic N) is 1. The molecule has 3 nitrogen and oxygen atoms in total. The molecule has 76 valence electrons. The molecule has 1 heterocycles. The zero-order chi connectivity index (χ0) is 10.6. The topological polar surface area (TPSA) is 50.2 Å². The van der Waals surface area contributed by atoms with E-state index in [0.29, 0.717) is 6.42 Å². The number of aliphatic carboxylic acids is 1. The first-order valence-corrected chi connectivity index (χ1v) is 4.74. The van der Waals surface area contributed by atoms with E-state index in [1.165, 1.54) is 0 Å². The average molecular weight is 193 g/mol. The fraction of sp³-hybridized carbons (Fsp3) is 0.455. The van der Waals surface area contributed by atoms with Gasteiger partial charge in [-0.05, 0) is 31.4 Å². The third-order valence-electron chi connectivity index (χ3n) is 2.38. The molecule has 3 heteroatoms. The smallest absolute Gasteiger partial charge is 0.306 e. The normalized spacial score (nSPS) is 12.4. The Kier molecular flexibility index (Phi) is 3.63. The van der Waals surface area contributed by atoms with E-state index in [9.17, 15) is 4.79 Å². The van der Waals surface area contributed by atoms with Crippen LogP contribution in [0.4, 0.5) is 0 Å². The van der Waals surface area contributed by atoms with E-state index in [2.05, 4.69) is 4.98 Å². The molecule has 0 aliphatic heterocycles. The standard InChI is InChI=1S/C11H15NO2/c1-8(11(13)14)5-6-10-4-3-7-12-9(10)2/h3-4,7-8H,5-6H2,1-2H3,(H,13,14). The summed E-state index contributed by atoms with van der Waals surface area (Å²) in [6.07, 6.45) is 3.20. The van der Waals surface area contributed by atoms with Crippen molar-refractivity contribution in [3.05, 3.63) is 29.6 Å². The Hall–Kier alpha value is -1.38. The first-order chi connectivity index (χ1) is 6.61. The number of pyridine rings is 1. The highest BCUT2D eigenvalue weighted by Crippen LogP contribution is 2.11. The molecule has 0 bridgehead atoms. The van der Waals surface area contributed by atoms with E-state index >= 15 is 0 Å². The number of aryl methyl sites for hydroxylation is 2. The number of aromatic nitrogens is 1. The summed E-state index contributed by atoms with van der Waals surface area (Å²) in [5.74, 6) is -1.01. The van der Waals surface area contributed by atoms with Crippen molar-refractivity contribution in [2.75, 3.05) is 0 Å². The van der Waals surface area contributed by atoms with Gasteiger partial charge in [0.25, 0.3) is 0 Å². The third kappa shape index (κ3) is 2.83. The maximum absolute atomic E-state index is 10.6. The van der Waals surface area contributed by atoms with Crippen LogP contribution < -0.4 is 0 Å². The quantitative estimate of drug-likeness (QED) is 0.796. The van der Waals surface area contributed by atoms with Crippen LogP contribution in [-0.2, 0) is 11.2 Å². The molecule has 0 amide bonds. The zero-order valence-corrected chi connectivity index (χ0v) is 8.53. The summed E-state index contributed by atoms with van der Waals surface area (Å²) < 4.78 is 0. The molecule has 1 aromatic heterocycles. The Morgan fingerprint density at radius 3 is 2.93 bits per heavy atom. The number of carboxylic acid groups (broad SMARTS) is 1. The molecule has 1 N–H and O–H groups in total. The summed E-state index contributed by atoms with van der Waals surface area (Å²) in [7, 11) is 0. The van der Waals surface area contributed by atoms with Crippen LogP contribution in [0.5, 0.6) is 0 Å². The predicted octanol–water partition coefficient (Wildman–Crippen LogP) is 2.04. The first kappa shape index (κ1) is 10.7. The fourth-order valence-corrected chi connectivity index (χ4v) is 1.28. The van der Waals surface area contributed by atoms with Gasteiger partial charge in [0.2, 0.25) is 0 Å². The molecular weight excluding hydrogens is 178 g/mol. The molecule has 0 aromatic carbocycles. The van der Waals surface area contributed by atoms with Gasteiger partial charge in [-0.15, -0.1) is 0 Å². The summed E-state index contributed by atoms with van der Waals surface area (Å²) >= 11 is 0. The number of carbonyl (C=O) groups is 1. The number of hydrogen-bond acceptors (Lipinski definition) is 2. The molecule has 0 saturated heterocycles. The number of rotatable bonds is 4. The molecule has 0 fully saturated rings. The first-order valence-electron chi connectivity index (χ1n) is 4.74. The maximum Gasteiger partial charge on any atom is 0.306 e. The highest BCUT2D eigenvalue weighted by Gasteiger charge is 2.11. The molecule has 0 aliphatic carbocycles. The van der Waals surface area contributed by atoms with Gasteiger partial charge in [-0.2, -0.15) is 0 Å². The van der Waals surface area contributed by atoms with Gasteiger partial charge in [0.15, 0.2) is 0 Å². The molecule has 0 saturated carbocycles. The van der Waals surface area contributed by atoms with Crippen molar-refractivity contribution in [3.63, 3.8) is 0 Å². The van der Waals surface area contributed by atoms with Crippen LogP contribution in [0.1, 0.15) is 24.6 Å². The Morgan fingerprint density at radius 1 is 1.64 bits per heavy atom. The molecule has 1 rings (SSSR count). The zero-order valence-electron chi connectivity index (χ0n) is 8.53. The molecule has 1 atom stereocenters. The Bertz CT molecular complexity index is 323. The van der Waals surface area contributed by atoms with Gasteiger partial charge < -0.3 is 5.11 Å². The molecule has 1 aromatic rings. The molecule has 0 radical (unpaired) electrons. The molecule has 1 unspecified atom stereocenters. The third-order valence-corrected chi connectivity index (χ3v) is 2.38. The summed E-state index contributed by atoms with van der Waals surface area (Å²) in [5, 5.41) is 8.71. The number of carboxylic acids is 1. The highest BCUT2D eigenvalue weighted by atomic mass is 16.4. The van der Waals surface area contributed by atoms with E-state index in [1.807, 2.05) is 19.1 Å². The second kappa shape index (κ2) is 4.74. The van der Waals surface area contributed by atoms with Crippen LogP contribution in [0, 0.1) is 12.8 Å².